The number of carboxylic acids is 1. The molecule has 1 aromatic carbocycles. The summed E-state index contributed by atoms with van der Waals surface area (Å²) < 4.78 is 11.6. The van der Waals surface area contributed by atoms with Gasteiger partial charge in [-0.1, -0.05) is 98.6 Å². The highest BCUT2D eigenvalue weighted by atomic mass is 16.5. The van der Waals surface area contributed by atoms with Crippen LogP contribution in [0.25, 0.3) is 0 Å². The molecule has 7 atom stereocenters. The van der Waals surface area contributed by atoms with Crippen LogP contribution in [-0.2, 0) is 39.9 Å². The lowest BCUT2D eigenvalue weighted by molar-refractivity contribution is -0.144. The van der Waals surface area contributed by atoms with Crippen LogP contribution in [0.15, 0.2) is 30.3 Å². The van der Waals surface area contributed by atoms with Crippen molar-refractivity contribution in [3.8, 4) is 0 Å². The van der Waals surface area contributed by atoms with Gasteiger partial charge in [-0.25, -0.2) is 4.79 Å². The number of nitrogens with one attached hydrogen (secondary N) is 2. The van der Waals surface area contributed by atoms with Gasteiger partial charge in [0.15, 0.2) is 0 Å². The van der Waals surface area contributed by atoms with Crippen molar-refractivity contribution in [1.82, 2.24) is 25.3 Å². The second-order valence-corrected chi connectivity index (χ2v) is 15.0. The Labute approximate surface area is 325 Å². The molecule has 0 aromatic heterocycles. The number of hydrogen-bond acceptors (Lipinski definition) is 8. The molecule has 1 aromatic rings. The predicted octanol–water partition coefficient (Wildman–Crippen LogP) is 4.47. The number of hydrogen-bond donors (Lipinski definition) is 3. The van der Waals surface area contributed by atoms with Crippen molar-refractivity contribution < 1.29 is 38.6 Å². The summed E-state index contributed by atoms with van der Waals surface area (Å²) in [7, 11) is 8.78. The quantitative estimate of drug-likeness (QED) is 0.163. The second-order valence-electron chi connectivity index (χ2n) is 15.0. The molecule has 4 amide bonds. The zero-order valence-electron chi connectivity index (χ0n) is 35.5. The van der Waals surface area contributed by atoms with E-state index < -0.39 is 18.1 Å². The smallest absolute Gasteiger partial charge is 0.326 e. The average Bonchev–Trinajstić information content (AvgIpc) is 3.60. The lowest BCUT2D eigenvalue weighted by atomic mass is 9.90. The van der Waals surface area contributed by atoms with Gasteiger partial charge in [-0.15, -0.1) is 0 Å². The minimum Gasteiger partial charge on any atom is -0.480 e. The number of likely N-dealkylation sites (tertiary alicyclic amines) is 1. The molecule has 0 saturated carbocycles. The van der Waals surface area contributed by atoms with Gasteiger partial charge < -0.3 is 35.0 Å². The van der Waals surface area contributed by atoms with Gasteiger partial charge in [0.25, 0.3) is 0 Å². The zero-order valence-corrected chi connectivity index (χ0v) is 35.5. The fourth-order valence-corrected chi connectivity index (χ4v) is 7.03. The highest BCUT2D eigenvalue weighted by Crippen LogP contribution is 2.29. The highest BCUT2D eigenvalue weighted by molar-refractivity contribution is 5.87. The van der Waals surface area contributed by atoms with Crippen molar-refractivity contribution in [3.05, 3.63) is 35.9 Å². The number of nitrogens with zero attached hydrogens (tertiary/aromatic N) is 3. The van der Waals surface area contributed by atoms with Crippen molar-refractivity contribution in [3.63, 3.8) is 0 Å². The monoisotopic (exact) mass is 764 g/mol. The van der Waals surface area contributed by atoms with Crippen LogP contribution in [0.3, 0.4) is 0 Å². The molecule has 1 aliphatic rings. The van der Waals surface area contributed by atoms with Crippen LogP contribution in [-0.4, -0.2) is 135 Å². The molecule has 54 heavy (non-hydrogen) atoms. The van der Waals surface area contributed by atoms with Gasteiger partial charge in [0.2, 0.25) is 24.1 Å². The molecule has 1 fully saturated rings. The molecule has 1 saturated heterocycles. The van der Waals surface area contributed by atoms with Crippen molar-refractivity contribution in [2.24, 2.45) is 17.8 Å². The topological polar surface area (TPSA) is 158 Å². The van der Waals surface area contributed by atoms with E-state index in [4.69, 9.17) is 14.6 Å². The van der Waals surface area contributed by atoms with E-state index in [9.17, 15) is 24.0 Å². The number of amides is 4. The van der Waals surface area contributed by atoms with Crippen LogP contribution in [0.2, 0.25) is 0 Å². The van der Waals surface area contributed by atoms with Gasteiger partial charge in [0, 0.05) is 34.2 Å². The van der Waals surface area contributed by atoms with Gasteiger partial charge in [0.1, 0.15) is 6.04 Å². The van der Waals surface area contributed by atoms with E-state index in [2.05, 4.69) is 52.2 Å². The Morgan fingerprint density at radius 1 is 0.963 bits per heavy atom. The van der Waals surface area contributed by atoms with E-state index in [0.717, 1.165) is 24.8 Å². The van der Waals surface area contributed by atoms with Crippen LogP contribution in [0.5, 0.6) is 0 Å². The Morgan fingerprint density at radius 3 is 2.00 bits per heavy atom. The minimum absolute atomic E-state index is 0.0116. The summed E-state index contributed by atoms with van der Waals surface area (Å²) in [5.74, 6) is -0.847. The molecular weight excluding hydrogens is 690 g/mol. The number of rotatable bonds is 20. The molecular formula is C41H73N5O8. The van der Waals surface area contributed by atoms with Crippen LogP contribution >= 0.6 is 0 Å². The maximum atomic E-state index is 13.5. The SMILES string of the molecule is CCC.CCC(C)C(C(CC(=O)N1CCCC1C(OC)C(C)C)OC)N(C)C(=O)CNC(=O)C(C(C)C)N(C)C.O=CNC(Cc1ccccc1)C(=O)O. The summed E-state index contributed by atoms with van der Waals surface area (Å²) in [4.78, 5) is 65.8. The van der Waals surface area contributed by atoms with E-state index >= 15 is 0 Å². The van der Waals surface area contributed by atoms with Crippen LogP contribution in [0.4, 0.5) is 0 Å². The van der Waals surface area contributed by atoms with Gasteiger partial charge >= 0.3 is 5.97 Å². The highest BCUT2D eigenvalue weighted by Gasteiger charge is 2.40. The summed E-state index contributed by atoms with van der Waals surface area (Å²) in [6, 6.07) is 7.74. The van der Waals surface area contributed by atoms with E-state index in [-0.39, 0.29) is 66.8 Å². The molecule has 0 aliphatic carbocycles. The molecule has 7 unspecified atom stereocenters. The molecule has 3 N–H and O–H groups in total. The first-order valence-corrected chi connectivity index (χ1v) is 19.5. The maximum Gasteiger partial charge on any atom is 0.326 e. The minimum atomic E-state index is -1.03. The Balaban J connectivity index is 0.00000136. The molecule has 0 spiro atoms. The molecule has 2 rings (SSSR count). The number of carboxylic acid groups (broad SMARTS) is 1. The third-order valence-electron chi connectivity index (χ3n) is 9.78. The number of likely N-dealkylation sites (N-methyl/N-ethyl adjacent to an activating group) is 2. The largest absolute Gasteiger partial charge is 0.480 e. The number of ether oxygens (including phenoxy) is 2. The number of benzene rings is 1. The Morgan fingerprint density at radius 2 is 1.56 bits per heavy atom. The molecule has 0 bridgehead atoms. The first-order valence-electron chi connectivity index (χ1n) is 19.5. The van der Waals surface area contributed by atoms with E-state index in [1.165, 1.54) is 6.42 Å². The lowest BCUT2D eigenvalue weighted by Crippen LogP contribution is -2.55. The third-order valence-corrected chi connectivity index (χ3v) is 9.78. The predicted molar refractivity (Wildman–Crippen MR) is 214 cm³/mol. The van der Waals surface area contributed by atoms with Crippen LogP contribution < -0.4 is 10.6 Å². The first kappa shape index (κ1) is 50.5. The molecule has 310 valence electrons. The van der Waals surface area contributed by atoms with Gasteiger partial charge in [-0.3, -0.25) is 24.1 Å². The fourth-order valence-electron chi connectivity index (χ4n) is 7.03. The number of carbonyl (C=O) groups is 5. The van der Waals surface area contributed by atoms with E-state index in [1.54, 1.807) is 26.2 Å². The van der Waals surface area contributed by atoms with E-state index in [1.807, 2.05) is 68.1 Å². The molecule has 0 radical (unpaired) electrons. The third kappa shape index (κ3) is 16.9. The summed E-state index contributed by atoms with van der Waals surface area (Å²) in [5.41, 5.74) is 0.884. The number of carbonyl (C=O) groups excluding carboxylic acids is 4. The lowest BCUT2D eigenvalue weighted by Gasteiger charge is -2.39. The van der Waals surface area contributed by atoms with Gasteiger partial charge in [-0.2, -0.15) is 0 Å². The summed E-state index contributed by atoms with van der Waals surface area (Å²) >= 11 is 0. The summed E-state index contributed by atoms with van der Waals surface area (Å²) in [5, 5.41) is 13.8. The second kappa shape index (κ2) is 27.1. The Kier molecular flexibility index (Phi) is 25.3. The van der Waals surface area contributed by atoms with Crippen molar-refractivity contribution in [1.29, 1.82) is 0 Å². The van der Waals surface area contributed by atoms with Crippen LogP contribution in [0.1, 0.15) is 93.1 Å². The zero-order chi connectivity index (χ0) is 41.5. The maximum absolute atomic E-state index is 13.5. The number of aliphatic carboxylic acids is 1. The van der Waals surface area contributed by atoms with E-state index in [0.29, 0.717) is 25.3 Å². The van der Waals surface area contributed by atoms with Crippen molar-refractivity contribution in [2.75, 3.05) is 48.5 Å². The average molecular weight is 764 g/mol. The van der Waals surface area contributed by atoms with Crippen molar-refractivity contribution >= 4 is 30.1 Å². The summed E-state index contributed by atoms with van der Waals surface area (Å²) in [6.45, 7) is 17.2. The molecule has 1 heterocycles. The van der Waals surface area contributed by atoms with Gasteiger partial charge in [0.05, 0.1) is 43.3 Å². The van der Waals surface area contributed by atoms with Gasteiger partial charge in [-0.05, 0) is 50.3 Å². The Hall–Kier alpha value is -3.55. The first-order chi connectivity index (χ1) is 25.5. The number of methoxy groups -OCH3 is 2. The fraction of sp³-hybridized carbons (Fsp3) is 0.732. The standard InChI is InChI=1S/C28H54N4O5.C10H11NO3.C3H8/c1-12-20(6)26(31(9)24(34)17-29-28(35)25(18(2)3)30(7)8)22(36-10)16-23(33)32-15-13-14-21(32)27(37-11)19(4)5;12-7-11-9(10(13)14)6-8-4-2-1-3-5-8;1-3-2/h18-22,25-27H,12-17H2,1-11H3,(H,29,35);1-5,7,9H,6H2,(H,11,12)(H,13,14);3H2,1-2H3. The molecule has 13 heteroatoms. The van der Waals surface area contributed by atoms with Crippen LogP contribution in [0, 0.1) is 17.8 Å². The Bertz CT molecular complexity index is 1220. The van der Waals surface area contributed by atoms with Crippen molar-refractivity contribution in [2.45, 2.75) is 130 Å². The molecule has 13 nitrogen and oxygen atoms in total. The normalized spacial score (nSPS) is 17.2. The molecule has 1 aliphatic heterocycles. The summed E-state index contributed by atoms with van der Waals surface area (Å²) in [6.07, 6.45) is 4.38.